The predicted octanol–water partition coefficient (Wildman–Crippen LogP) is 1.93. The molecule has 1 N–H and O–H groups in total. The first-order chi connectivity index (χ1) is 7.74. The van der Waals surface area contributed by atoms with E-state index in [0.29, 0.717) is 6.10 Å². The Morgan fingerprint density at radius 1 is 1.62 bits per heavy atom. The van der Waals surface area contributed by atoms with Crippen LogP contribution in [0.25, 0.3) is 0 Å². The SMILES string of the molecule is CN1CCO[C@H](CNCc2ccc(Br)s2)C1. The minimum absolute atomic E-state index is 0.335. The van der Waals surface area contributed by atoms with Crippen molar-refractivity contribution in [2.24, 2.45) is 0 Å². The van der Waals surface area contributed by atoms with Crippen LogP contribution in [-0.4, -0.2) is 44.3 Å². The number of morpholine rings is 1. The van der Waals surface area contributed by atoms with Gasteiger partial charge in [-0.05, 0) is 35.1 Å². The third kappa shape index (κ3) is 3.82. The number of likely N-dealkylation sites (N-methyl/N-ethyl adjacent to an activating group) is 1. The molecule has 1 saturated heterocycles. The largest absolute Gasteiger partial charge is 0.374 e. The fraction of sp³-hybridized carbons (Fsp3) is 0.636. The molecule has 0 saturated carbocycles. The van der Waals surface area contributed by atoms with Gasteiger partial charge in [0, 0.05) is 31.1 Å². The molecule has 5 heteroatoms. The lowest BCUT2D eigenvalue weighted by molar-refractivity contribution is -0.0181. The fourth-order valence-electron chi connectivity index (χ4n) is 1.79. The number of hydrogen-bond acceptors (Lipinski definition) is 4. The molecule has 0 spiro atoms. The number of hydrogen-bond donors (Lipinski definition) is 1. The zero-order chi connectivity index (χ0) is 11.4. The Morgan fingerprint density at radius 2 is 2.50 bits per heavy atom. The summed E-state index contributed by atoms with van der Waals surface area (Å²) in [6, 6.07) is 4.24. The number of ether oxygens (including phenoxy) is 1. The highest BCUT2D eigenvalue weighted by Crippen LogP contribution is 2.21. The monoisotopic (exact) mass is 304 g/mol. The van der Waals surface area contributed by atoms with Crippen LogP contribution in [0.1, 0.15) is 4.88 Å². The number of halogens is 1. The highest BCUT2D eigenvalue weighted by molar-refractivity contribution is 9.11. The van der Waals surface area contributed by atoms with Crippen LogP contribution < -0.4 is 5.32 Å². The standard InChI is InChI=1S/C11H17BrN2OS/c1-14-4-5-15-9(8-14)6-13-7-10-2-3-11(12)16-10/h2-3,9,13H,4-8H2,1H3/t9-/m1/s1. The summed E-state index contributed by atoms with van der Waals surface area (Å²) in [5.41, 5.74) is 0. The summed E-state index contributed by atoms with van der Waals surface area (Å²) in [4.78, 5) is 3.67. The van der Waals surface area contributed by atoms with Crippen molar-refractivity contribution in [3.05, 3.63) is 20.8 Å². The molecule has 1 aliphatic rings. The molecule has 1 aromatic rings. The van der Waals surface area contributed by atoms with Gasteiger partial charge in [0.1, 0.15) is 0 Å². The summed E-state index contributed by atoms with van der Waals surface area (Å²) in [5.74, 6) is 0. The van der Waals surface area contributed by atoms with Gasteiger partial charge < -0.3 is 15.0 Å². The molecule has 0 aliphatic carbocycles. The van der Waals surface area contributed by atoms with E-state index < -0.39 is 0 Å². The molecule has 0 amide bonds. The number of rotatable bonds is 4. The molecular formula is C11H17BrN2OS. The maximum Gasteiger partial charge on any atom is 0.0826 e. The van der Waals surface area contributed by atoms with E-state index in [1.165, 1.54) is 8.66 Å². The quantitative estimate of drug-likeness (QED) is 0.920. The van der Waals surface area contributed by atoms with E-state index in [2.05, 4.69) is 45.3 Å². The normalized spacial score (nSPS) is 22.5. The number of nitrogens with one attached hydrogen (secondary N) is 1. The van der Waals surface area contributed by atoms with E-state index >= 15 is 0 Å². The molecule has 2 heterocycles. The lowest BCUT2D eigenvalue weighted by Crippen LogP contribution is -2.44. The summed E-state index contributed by atoms with van der Waals surface area (Å²) >= 11 is 5.25. The molecule has 0 radical (unpaired) electrons. The van der Waals surface area contributed by atoms with Gasteiger partial charge in [0.25, 0.3) is 0 Å². The Bertz CT molecular complexity index is 332. The van der Waals surface area contributed by atoms with Crippen LogP contribution in [0.3, 0.4) is 0 Å². The number of nitrogens with zero attached hydrogens (tertiary/aromatic N) is 1. The molecule has 0 aromatic carbocycles. The van der Waals surface area contributed by atoms with Crippen LogP contribution in [0.4, 0.5) is 0 Å². The van der Waals surface area contributed by atoms with Crippen LogP contribution in [-0.2, 0) is 11.3 Å². The van der Waals surface area contributed by atoms with E-state index in [1.807, 2.05) is 0 Å². The van der Waals surface area contributed by atoms with Gasteiger partial charge in [-0.3, -0.25) is 0 Å². The zero-order valence-corrected chi connectivity index (χ0v) is 11.8. The van der Waals surface area contributed by atoms with Gasteiger partial charge >= 0.3 is 0 Å². The third-order valence-corrected chi connectivity index (χ3v) is 4.27. The summed E-state index contributed by atoms with van der Waals surface area (Å²) in [6.07, 6.45) is 0.335. The van der Waals surface area contributed by atoms with Gasteiger partial charge in [-0.2, -0.15) is 0 Å². The second kappa shape index (κ2) is 6.12. The Balaban J connectivity index is 1.67. The van der Waals surface area contributed by atoms with E-state index in [9.17, 15) is 0 Å². The molecule has 3 nitrogen and oxygen atoms in total. The van der Waals surface area contributed by atoms with Crippen LogP contribution in [0.2, 0.25) is 0 Å². The molecule has 1 atom stereocenters. The average Bonchev–Trinajstić information content (AvgIpc) is 2.64. The summed E-state index contributed by atoms with van der Waals surface area (Å²) in [6.45, 7) is 4.79. The van der Waals surface area contributed by atoms with Crippen LogP contribution in [0, 0.1) is 0 Å². The second-order valence-electron chi connectivity index (χ2n) is 4.09. The van der Waals surface area contributed by atoms with Crippen molar-refractivity contribution >= 4 is 27.3 Å². The van der Waals surface area contributed by atoms with E-state index in [1.54, 1.807) is 11.3 Å². The first kappa shape index (κ1) is 12.5. The van der Waals surface area contributed by atoms with E-state index in [4.69, 9.17) is 4.74 Å². The first-order valence-corrected chi connectivity index (χ1v) is 7.10. The number of thiophene rings is 1. The minimum Gasteiger partial charge on any atom is -0.374 e. The fourth-order valence-corrected chi connectivity index (χ4v) is 3.25. The molecule has 1 aliphatic heterocycles. The van der Waals surface area contributed by atoms with Crippen molar-refractivity contribution in [1.82, 2.24) is 10.2 Å². The Labute approximate surface area is 109 Å². The van der Waals surface area contributed by atoms with Crippen molar-refractivity contribution in [1.29, 1.82) is 0 Å². The molecule has 0 unspecified atom stereocenters. The molecule has 90 valence electrons. The van der Waals surface area contributed by atoms with E-state index in [0.717, 1.165) is 32.8 Å². The van der Waals surface area contributed by atoms with Crippen molar-refractivity contribution < 1.29 is 4.74 Å². The Kier molecular flexibility index (Phi) is 4.79. The van der Waals surface area contributed by atoms with Gasteiger partial charge in [-0.1, -0.05) is 0 Å². The van der Waals surface area contributed by atoms with Crippen molar-refractivity contribution in [3.63, 3.8) is 0 Å². The maximum absolute atomic E-state index is 5.68. The molecule has 1 fully saturated rings. The van der Waals surface area contributed by atoms with Crippen molar-refractivity contribution in [3.8, 4) is 0 Å². The molecule has 1 aromatic heterocycles. The van der Waals surface area contributed by atoms with Gasteiger partial charge in [0.2, 0.25) is 0 Å². The topological polar surface area (TPSA) is 24.5 Å². The summed E-state index contributed by atoms with van der Waals surface area (Å²) < 4.78 is 6.87. The first-order valence-electron chi connectivity index (χ1n) is 5.49. The van der Waals surface area contributed by atoms with Crippen molar-refractivity contribution in [2.75, 3.05) is 33.3 Å². The van der Waals surface area contributed by atoms with Gasteiger partial charge in [0.05, 0.1) is 16.5 Å². The van der Waals surface area contributed by atoms with Crippen molar-refractivity contribution in [2.45, 2.75) is 12.6 Å². The molecular weight excluding hydrogens is 288 g/mol. The smallest absolute Gasteiger partial charge is 0.0826 e. The maximum atomic E-state index is 5.68. The van der Waals surface area contributed by atoms with Crippen LogP contribution in [0.15, 0.2) is 15.9 Å². The summed E-state index contributed by atoms with van der Waals surface area (Å²) in [5, 5.41) is 3.44. The molecule has 16 heavy (non-hydrogen) atoms. The Hall–Kier alpha value is 0.0600. The highest BCUT2D eigenvalue weighted by atomic mass is 79.9. The molecule has 0 bridgehead atoms. The second-order valence-corrected chi connectivity index (χ2v) is 6.64. The van der Waals surface area contributed by atoms with E-state index in [-0.39, 0.29) is 0 Å². The highest BCUT2D eigenvalue weighted by Gasteiger charge is 2.16. The summed E-state index contributed by atoms with van der Waals surface area (Å²) in [7, 11) is 2.14. The van der Waals surface area contributed by atoms with Crippen LogP contribution >= 0.6 is 27.3 Å². The Morgan fingerprint density at radius 3 is 3.19 bits per heavy atom. The predicted molar refractivity (Wildman–Crippen MR) is 71.0 cm³/mol. The van der Waals surface area contributed by atoms with Gasteiger partial charge in [0.15, 0.2) is 0 Å². The van der Waals surface area contributed by atoms with Gasteiger partial charge in [-0.25, -0.2) is 0 Å². The van der Waals surface area contributed by atoms with Crippen LogP contribution in [0.5, 0.6) is 0 Å². The molecule has 2 rings (SSSR count). The minimum atomic E-state index is 0.335. The van der Waals surface area contributed by atoms with Gasteiger partial charge in [-0.15, -0.1) is 11.3 Å². The third-order valence-electron chi connectivity index (χ3n) is 2.64. The lowest BCUT2D eigenvalue weighted by atomic mass is 10.3. The average molecular weight is 305 g/mol. The lowest BCUT2D eigenvalue weighted by Gasteiger charge is -2.30. The zero-order valence-electron chi connectivity index (χ0n) is 9.41.